The van der Waals surface area contributed by atoms with Gasteiger partial charge in [-0.05, 0) is 105 Å². The number of aliphatic hydroxyl groups is 1. The van der Waals surface area contributed by atoms with Crippen LogP contribution < -0.4 is 0 Å². The predicted molar refractivity (Wildman–Crippen MR) is 143 cm³/mol. The lowest BCUT2D eigenvalue weighted by Crippen LogP contribution is -2.33. The maximum absolute atomic E-state index is 10.0. The molecule has 180 valence electrons. The van der Waals surface area contributed by atoms with E-state index in [1.54, 1.807) is 5.57 Å². The van der Waals surface area contributed by atoms with Gasteiger partial charge in [0.15, 0.2) is 0 Å². The Morgan fingerprint density at radius 3 is 2.48 bits per heavy atom. The van der Waals surface area contributed by atoms with Crippen LogP contribution in [-0.4, -0.2) is 11.2 Å². The summed E-state index contributed by atoms with van der Waals surface area (Å²) in [6.45, 7) is 11.1. The molecule has 0 saturated heterocycles. The molecule has 0 heterocycles. The highest BCUT2D eigenvalue weighted by Crippen LogP contribution is 2.58. The molecular formula is C32H46O. The summed E-state index contributed by atoms with van der Waals surface area (Å²) in [5.41, 5.74) is 5.79. The molecule has 3 fully saturated rings. The molecule has 3 unspecified atom stereocenters. The van der Waals surface area contributed by atoms with Crippen LogP contribution in [0, 0.1) is 17.3 Å². The van der Waals surface area contributed by atoms with Gasteiger partial charge in [0.25, 0.3) is 0 Å². The van der Waals surface area contributed by atoms with Gasteiger partial charge in [0.2, 0.25) is 0 Å². The lowest BCUT2D eigenvalue weighted by Gasteiger charge is -2.42. The number of aryl methyl sites for hydroxylation is 1. The van der Waals surface area contributed by atoms with Crippen molar-refractivity contribution in [2.75, 3.05) is 0 Å². The average molecular weight is 447 g/mol. The van der Waals surface area contributed by atoms with Gasteiger partial charge >= 0.3 is 0 Å². The predicted octanol–water partition coefficient (Wildman–Crippen LogP) is 8.76. The zero-order chi connectivity index (χ0) is 23.7. The summed E-state index contributed by atoms with van der Waals surface area (Å²) in [7, 11) is 0. The number of hydrogen-bond acceptors (Lipinski definition) is 1. The van der Waals surface area contributed by atoms with Crippen molar-refractivity contribution >= 4 is 0 Å². The van der Waals surface area contributed by atoms with Crippen molar-refractivity contribution in [1.82, 2.24) is 0 Å². The van der Waals surface area contributed by atoms with Crippen LogP contribution >= 0.6 is 0 Å². The summed E-state index contributed by atoms with van der Waals surface area (Å²) in [6.07, 6.45) is 22.4. The van der Waals surface area contributed by atoms with Crippen molar-refractivity contribution in [2.45, 2.75) is 97.5 Å². The molecule has 33 heavy (non-hydrogen) atoms. The van der Waals surface area contributed by atoms with Gasteiger partial charge < -0.3 is 5.11 Å². The first-order valence-electron chi connectivity index (χ1n) is 13.4. The molecule has 3 saturated carbocycles. The summed E-state index contributed by atoms with van der Waals surface area (Å²) >= 11 is 0. The van der Waals surface area contributed by atoms with Gasteiger partial charge in [0.1, 0.15) is 0 Å². The fraction of sp³-hybridized carbons (Fsp3) is 0.562. The van der Waals surface area contributed by atoms with E-state index in [4.69, 9.17) is 0 Å². The van der Waals surface area contributed by atoms with Crippen LogP contribution in [0.3, 0.4) is 0 Å². The number of benzene rings is 1. The standard InChI is InChI=1S/C24H36O.C8H10/c1-4-5-6-11-21-15-16-22-20(10-8-17-24(21,22)3)14-13-19-9-7-12-23(25)18(19)2;1-2-8-6-4-3-5-7-8/h5-6,13-14,21-23,25H,2,4,7-12,15-17H2,1,3H3;3-7H,2H2,1H3/b6-5+,19-13-,20-14+;/t21?,22?,23?,24-;/m1./s1. The Morgan fingerprint density at radius 1 is 1.00 bits per heavy atom. The number of rotatable bonds is 5. The zero-order valence-electron chi connectivity index (χ0n) is 21.4. The molecule has 1 heteroatoms. The van der Waals surface area contributed by atoms with Crippen molar-refractivity contribution in [2.24, 2.45) is 17.3 Å². The highest BCUT2D eigenvalue weighted by molar-refractivity contribution is 5.37. The fourth-order valence-corrected chi connectivity index (χ4v) is 6.31. The first kappa shape index (κ1) is 25.8. The minimum absolute atomic E-state index is 0.323. The third-order valence-corrected chi connectivity index (χ3v) is 8.47. The molecule has 4 rings (SSSR count). The second-order valence-electron chi connectivity index (χ2n) is 10.5. The van der Waals surface area contributed by atoms with Crippen LogP contribution in [0.1, 0.15) is 90.5 Å². The lowest BCUT2D eigenvalue weighted by molar-refractivity contribution is 0.137. The van der Waals surface area contributed by atoms with Gasteiger partial charge in [0.05, 0.1) is 6.10 Å². The second-order valence-corrected chi connectivity index (χ2v) is 10.5. The third-order valence-electron chi connectivity index (χ3n) is 8.47. The fourth-order valence-electron chi connectivity index (χ4n) is 6.31. The molecular weight excluding hydrogens is 400 g/mol. The van der Waals surface area contributed by atoms with E-state index < -0.39 is 0 Å². The van der Waals surface area contributed by atoms with Crippen molar-refractivity contribution in [1.29, 1.82) is 0 Å². The van der Waals surface area contributed by atoms with Crippen LogP contribution in [0.15, 0.2) is 77.9 Å². The molecule has 0 amide bonds. The van der Waals surface area contributed by atoms with E-state index in [0.29, 0.717) is 5.41 Å². The van der Waals surface area contributed by atoms with E-state index in [-0.39, 0.29) is 6.10 Å². The maximum Gasteiger partial charge on any atom is 0.0787 e. The van der Waals surface area contributed by atoms with Crippen molar-refractivity contribution < 1.29 is 5.11 Å². The molecule has 3 aliphatic rings. The lowest BCUT2D eigenvalue weighted by atomic mass is 9.63. The zero-order valence-corrected chi connectivity index (χ0v) is 21.4. The Hall–Kier alpha value is -1.86. The molecule has 0 bridgehead atoms. The smallest absolute Gasteiger partial charge is 0.0787 e. The van der Waals surface area contributed by atoms with Crippen molar-refractivity contribution in [3.05, 3.63) is 83.5 Å². The van der Waals surface area contributed by atoms with Crippen LogP contribution in [0.25, 0.3) is 0 Å². The highest BCUT2D eigenvalue weighted by Gasteiger charge is 2.48. The summed E-state index contributed by atoms with van der Waals surface area (Å²) in [4.78, 5) is 0. The summed E-state index contributed by atoms with van der Waals surface area (Å²) in [5, 5.41) is 10.0. The molecule has 0 radical (unpaired) electrons. The Morgan fingerprint density at radius 2 is 1.79 bits per heavy atom. The van der Waals surface area contributed by atoms with E-state index in [1.165, 1.54) is 49.7 Å². The molecule has 1 N–H and O–H groups in total. The van der Waals surface area contributed by atoms with E-state index in [2.05, 4.69) is 75.9 Å². The highest BCUT2D eigenvalue weighted by atomic mass is 16.3. The molecule has 0 spiro atoms. The average Bonchev–Trinajstić information content (AvgIpc) is 3.18. The van der Waals surface area contributed by atoms with Crippen LogP contribution in [0.5, 0.6) is 0 Å². The minimum atomic E-state index is -0.323. The van der Waals surface area contributed by atoms with Gasteiger partial charge in [-0.1, -0.05) is 87.6 Å². The number of fused-ring (bicyclic) bond motifs is 1. The van der Waals surface area contributed by atoms with Crippen LogP contribution in [0.2, 0.25) is 0 Å². The Kier molecular flexibility index (Phi) is 9.80. The largest absolute Gasteiger partial charge is 0.388 e. The number of aliphatic hydroxyl groups excluding tert-OH is 1. The van der Waals surface area contributed by atoms with Crippen LogP contribution in [0.4, 0.5) is 0 Å². The van der Waals surface area contributed by atoms with E-state index in [1.807, 2.05) is 6.07 Å². The number of allylic oxidation sites excluding steroid dienone is 5. The third kappa shape index (κ3) is 6.60. The second kappa shape index (κ2) is 12.6. The Balaban J connectivity index is 0.000000323. The normalized spacial score (nSPS) is 32.1. The van der Waals surface area contributed by atoms with E-state index >= 15 is 0 Å². The molecule has 1 aromatic rings. The molecule has 0 aliphatic heterocycles. The van der Waals surface area contributed by atoms with Crippen molar-refractivity contribution in [3.8, 4) is 0 Å². The molecule has 1 nitrogen and oxygen atoms in total. The Labute approximate surface area is 203 Å². The molecule has 0 aromatic heterocycles. The van der Waals surface area contributed by atoms with Gasteiger partial charge in [-0.3, -0.25) is 0 Å². The van der Waals surface area contributed by atoms with Gasteiger partial charge in [-0.2, -0.15) is 0 Å². The summed E-state index contributed by atoms with van der Waals surface area (Å²) in [5.74, 6) is 1.61. The summed E-state index contributed by atoms with van der Waals surface area (Å²) < 4.78 is 0. The van der Waals surface area contributed by atoms with E-state index in [9.17, 15) is 5.11 Å². The summed E-state index contributed by atoms with van der Waals surface area (Å²) in [6, 6.07) is 10.5. The topological polar surface area (TPSA) is 20.2 Å². The minimum Gasteiger partial charge on any atom is -0.388 e. The van der Waals surface area contributed by atoms with Crippen molar-refractivity contribution in [3.63, 3.8) is 0 Å². The van der Waals surface area contributed by atoms with Gasteiger partial charge in [-0.25, -0.2) is 0 Å². The molecule has 1 aromatic carbocycles. The maximum atomic E-state index is 10.0. The van der Waals surface area contributed by atoms with E-state index in [0.717, 1.165) is 49.5 Å². The SMILES string of the molecule is C=C1/C(=C\C=C2/CCC[C@]3(C)C(C/C=C/CC)CCC23)CCCC1O.CCc1ccccc1. The van der Waals surface area contributed by atoms with Crippen LogP contribution in [-0.2, 0) is 6.42 Å². The first-order chi connectivity index (χ1) is 16.0. The van der Waals surface area contributed by atoms with Gasteiger partial charge in [0, 0.05) is 0 Å². The quantitative estimate of drug-likeness (QED) is 0.448. The molecule has 3 aliphatic carbocycles. The Bertz CT molecular complexity index is 843. The van der Waals surface area contributed by atoms with Gasteiger partial charge in [-0.15, -0.1) is 0 Å². The first-order valence-corrected chi connectivity index (χ1v) is 13.4. The molecule has 4 atom stereocenters. The monoisotopic (exact) mass is 446 g/mol. The number of hydrogen-bond donors (Lipinski definition) is 1.